The minimum absolute atomic E-state index is 0.00375. The average molecular weight is 236 g/mol. The third-order valence-electron chi connectivity index (χ3n) is 2.56. The number of ether oxygens (including phenoxy) is 1. The zero-order chi connectivity index (χ0) is 11.3. The minimum Gasteiger partial charge on any atom is -0.385 e. The molecule has 0 aromatic carbocycles. The number of rotatable bonds is 5. The van der Waals surface area contributed by atoms with E-state index in [4.69, 9.17) is 10.5 Å². The van der Waals surface area contributed by atoms with Crippen molar-refractivity contribution in [2.24, 2.45) is 5.73 Å². The van der Waals surface area contributed by atoms with E-state index < -0.39 is 10.0 Å². The highest BCUT2D eigenvalue weighted by molar-refractivity contribution is 7.89. The number of sulfonamides is 1. The molecule has 1 aliphatic heterocycles. The number of hydrogen-bond donors (Lipinski definition) is 1. The molecule has 90 valence electrons. The summed E-state index contributed by atoms with van der Waals surface area (Å²) in [6.45, 7) is 1.57. The highest BCUT2D eigenvalue weighted by Crippen LogP contribution is 2.13. The van der Waals surface area contributed by atoms with Gasteiger partial charge in [-0.25, -0.2) is 12.7 Å². The Morgan fingerprint density at radius 2 is 2.27 bits per heavy atom. The van der Waals surface area contributed by atoms with Gasteiger partial charge in [-0.2, -0.15) is 0 Å². The maximum Gasteiger partial charge on any atom is 0.214 e. The number of piperidine rings is 1. The summed E-state index contributed by atoms with van der Waals surface area (Å²) in [7, 11) is -1.54. The van der Waals surface area contributed by atoms with Gasteiger partial charge in [0.1, 0.15) is 0 Å². The van der Waals surface area contributed by atoms with Crippen LogP contribution in [0.1, 0.15) is 19.3 Å². The van der Waals surface area contributed by atoms with Gasteiger partial charge in [-0.15, -0.1) is 0 Å². The highest BCUT2D eigenvalue weighted by Gasteiger charge is 2.26. The molecule has 5 nitrogen and oxygen atoms in total. The van der Waals surface area contributed by atoms with E-state index in [0.717, 1.165) is 12.8 Å². The summed E-state index contributed by atoms with van der Waals surface area (Å²) in [5.41, 5.74) is 5.75. The molecule has 0 unspecified atom stereocenters. The van der Waals surface area contributed by atoms with Crippen molar-refractivity contribution in [3.05, 3.63) is 0 Å². The van der Waals surface area contributed by atoms with Gasteiger partial charge in [0.25, 0.3) is 0 Å². The molecule has 0 bridgehead atoms. The Balaban J connectivity index is 2.45. The van der Waals surface area contributed by atoms with Gasteiger partial charge < -0.3 is 10.5 Å². The van der Waals surface area contributed by atoms with Crippen LogP contribution in [0.5, 0.6) is 0 Å². The first kappa shape index (κ1) is 12.9. The molecule has 0 amide bonds. The quantitative estimate of drug-likeness (QED) is 0.670. The van der Waals surface area contributed by atoms with Crippen LogP contribution in [0.15, 0.2) is 0 Å². The summed E-state index contributed by atoms with van der Waals surface area (Å²) >= 11 is 0. The van der Waals surface area contributed by atoms with Crippen molar-refractivity contribution >= 4 is 10.0 Å². The first-order valence-electron chi connectivity index (χ1n) is 5.28. The normalized spacial score (nSPS) is 24.3. The summed E-state index contributed by atoms with van der Waals surface area (Å²) in [5.74, 6) is 0.160. The Hall–Kier alpha value is -0.170. The van der Waals surface area contributed by atoms with Crippen molar-refractivity contribution in [3.8, 4) is 0 Å². The van der Waals surface area contributed by atoms with Crippen LogP contribution in [0.4, 0.5) is 0 Å². The third kappa shape index (κ3) is 4.06. The molecule has 0 radical (unpaired) electrons. The molecule has 15 heavy (non-hydrogen) atoms. The molecule has 0 saturated carbocycles. The van der Waals surface area contributed by atoms with Gasteiger partial charge in [0.15, 0.2) is 0 Å². The van der Waals surface area contributed by atoms with E-state index in [9.17, 15) is 8.42 Å². The smallest absolute Gasteiger partial charge is 0.214 e. The second kappa shape index (κ2) is 5.79. The van der Waals surface area contributed by atoms with Crippen LogP contribution in [-0.2, 0) is 14.8 Å². The van der Waals surface area contributed by atoms with Gasteiger partial charge >= 0.3 is 0 Å². The van der Waals surface area contributed by atoms with Crippen molar-refractivity contribution in [1.82, 2.24) is 4.31 Å². The van der Waals surface area contributed by atoms with Crippen LogP contribution in [-0.4, -0.2) is 51.3 Å². The molecule has 1 aliphatic rings. The van der Waals surface area contributed by atoms with Gasteiger partial charge in [0.2, 0.25) is 10.0 Å². The lowest BCUT2D eigenvalue weighted by Gasteiger charge is -2.29. The van der Waals surface area contributed by atoms with Gasteiger partial charge in [0.05, 0.1) is 5.75 Å². The van der Waals surface area contributed by atoms with E-state index in [1.807, 2.05) is 0 Å². The summed E-state index contributed by atoms with van der Waals surface area (Å²) in [5, 5.41) is 0. The summed E-state index contributed by atoms with van der Waals surface area (Å²) < 4.78 is 30.0. The van der Waals surface area contributed by atoms with E-state index in [1.165, 1.54) is 4.31 Å². The standard InChI is InChI=1S/C9H20N2O3S/c1-14-6-3-7-15(12,13)11-5-2-4-9(10)8-11/h9H,2-8,10H2,1H3/t9-/m1/s1. The van der Waals surface area contributed by atoms with Crippen molar-refractivity contribution < 1.29 is 13.2 Å². The molecule has 1 fully saturated rings. The van der Waals surface area contributed by atoms with Crippen molar-refractivity contribution in [1.29, 1.82) is 0 Å². The van der Waals surface area contributed by atoms with E-state index in [2.05, 4.69) is 0 Å². The lowest BCUT2D eigenvalue weighted by Crippen LogP contribution is -2.46. The molecule has 1 atom stereocenters. The zero-order valence-corrected chi connectivity index (χ0v) is 10.0. The minimum atomic E-state index is -3.12. The fourth-order valence-corrected chi connectivity index (χ4v) is 3.31. The molecule has 1 rings (SSSR count). The number of hydrogen-bond acceptors (Lipinski definition) is 4. The lowest BCUT2D eigenvalue weighted by atomic mass is 10.1. The molecule has 0 spiro atoms. The summed E-state index contributed by atoms with van der Waals surface area (Å²) in [4.78, 5) is 0. The zero-order valence-electron chi connectivity index (χ0n) is 9.18. The van der Waals surface area contributed by atoms with Gasteiger partial charge in [-0.1, -0.05) is 0 Å². The largest absolute Gasteiger partial charge is 0.385 e. The monoisotopic (exact) mass is 236 g/mol. The van der Waals surface area contributed by atoms with Crippen LogP contribution in [0.3, 0.4) is 0 Å². The van der Waals surface area contributed by atoms with Gasteiger partial charge in [-0.05, 0) is 19.3 Å². The highest BCUT2D eigenvalue weighted by atomic mass is 32.2. The van der Waals surface area contributed by atoms with Crippen LogP contribution >= 0.6 is 0 Å². The first-order chi connectivity index (χ1) is 7.06. The first-order valence-corrected chi connectivity index (χ1v) is 6.89. The molecule has 0 aromatic rings. The average Bonchev–Trinajstić information content (AvgIpc) is 2.18. The predicted octanol–water partition coefficient (Wildman–Crippen LogP) is -0.224. The molecule has 1 saturated heterocycles. The SMILES string of the molecule is COCCCS(=O)(=O)N1CCC[C@@H](N)C1. The number of methoxy groups -OCH3 is 1. The molecule has 6 heteroatoms. The Labute approximate surface area is 91.6 Å². The Morgan fingerprint density at radius 3 is 2.87 bits per heavy atom. The maximum absolute atomic E-state index is 11.8. The van der Waals surface area contributed by atoms with Crippen molar-refractivity contribution in [3.63, 3.8) is 0 Å². The van der Waals surface area contributed by atoms with E-state index in [0.29, 0.717) is 26.1 Å². The Kier molecular flexibility index (Phi) is 4.98. The Morgan fingerprint density at radius 1 is 1.53 bits per heavy atom. The van der Waals surface area contributed by atoms with E-state index >= 15 is 0 Å². The summed E-state index contributed by atoms with van der Waals surface area (Å²) in [6.07, 6.45) is 2.33. The van der Waals surface area contributed by atoms with Gasteiger partial charge in [-0.3, -0.25) is 0 Å². The molecular weight excluding hydrogens is 216 g/mol. The third-order valence-corrected chi connectivity index (χ3v) is 4.49. The van der Waals surface area contributed by atoms with Crippen LogP contribution in [0.25, 0.3) is 0 Å². The molecule has 0 aromatic heterocycles. The summed E-state index contributed by atoms with van der Waals surface area (Å²) in [6, 6.07) is -0.00375. The van der Waals surface area contributed by atoms with Gasteiger partial charge in [0, 0.05) is 32.8 Å². The van der Waals surface area contributed by atoms with Crippen molar-refractivity contribution in [2.45, 2.75) is 25.3 Å². The Bertz CT molecular complexity index is 279. The fourth-order valence-electron chi connectivity index (χ4n) is 1.74. The molecule has 2 N–H and O–H groups in total. The topological polar surface area (TPSA) is 72.6 Å². The van der Waals surface area contributed by atoms with Crippen molar-refractivity contribution in [2.75, 3.05) is 32.6 Å². The lowest BCUT2D eigenvalue weighted by molar-refractivity contribution is 0.199. The second-order valence-electron chi connectivity index (χ2n) is 3.92. The number of nitrogens with two attached hydrogens (primary N) is 1. The van der Waals surface area contributed by atoms with E-state index in [1.54, 1.807) is 7.11 Å². The predicted molar refractivity (Wildman–Crippen MR) is 59.1 cm³/mol. The van der Waals surface area contributed by atoms with Crippen LogP contribution < -0.4 is 5.73 Å². The molecular formula is C9H20N2O3S. The maximum atomic E-state index is 11.8. The molecule has 0 aliphatic carbocycles. The van der Waals surface area contributed by atoms with E-state index in [-0.39, 0.29) is 11.8 Å². The molecule has 1 heterocycles. The van der Waals surface area contributed by atoms with Crippen LogP contribution in [0, 0.1) is 0 Å². The number of nitrogens with zero attached hydrogens (tertiary/aromatic N) is 1. The second-order valence-corrected chi connectivity index (χ2v) is 6.01. The fraction of sp³-hybridized carbons (Fsp3) is 1.00. The van der Waals surface area contributed by atoms with Crippen LogP contribution in [0.2, 0.25) is 0 Å².